The zero-order valence-electron chi connectivity index (χ0n) is 13.7. The van der Waals surface area contributed by atoms with Crippen molar-refractivity contribution < 1.29 is 23.4 Å². The van der Waals surface area contributed by atoms with E-state index < -0.39 is 0 Å². The van der Waals surface area contributed by atoms with E-state index in [4.69, 9.17) is 19.0 Å². The minimum atomic E-state index is -0.297. The monoisotopic (exact) mass is 333 g/mol. The Bertz CT molecular complexity index is 659. The first kappa shape index (κ1) is 17.6. The maximum atomic E-state index is 12.7. The van der Waals surface area contributed by atoms with Crippen molar-refractivity contribution in [3.8, 4) is 17.2 Å². The Kier molecular flexibility index (Phi) is 6.89. The summed E-state index contributed by atoms with van der Waals surface area (Å²) in [6.07, 6.45) is 1.58. The maximum Gasteiger partial charge on any atom is 0.161 e. The Morgan fingerprint density at radius 3 is 2.50 bits per heavy atom. The van der Waals surface area contributed by atoms with Gasteiger partial charge in [-0.15, -0.1) is 0 Å². The summed E-state index contributed by atoms with van der Waals surface area (Å²) in [5, 5.41) is 3.88. The topological polar surface area (TPSA) is 49.3 Å². The average Bonchev–Trinajstić information content (AvgIpc) is 2.60. The molecule has 2 aromatic carbocycles. The van der Waals surface area contributed by atoms with Crippen molar-refractivity contribution in [2.24, 2.45) is 5.16 Å². The van der Waals surface area contributed by atoms with E-state index in [1.807, 2.05) is 25.1 Å². The Labute approximate surface area is 140 Å². The third kappa shape index (κ3) is 5.46. The molecular weight excluding hydrogens is 313 g/mol. The van der Waals surface area contributed by atoms with Gasteiger partial charge in [0.1, 0.15) is 18.2 Å². The molecule has 0 aliphatic heterocycles. The summed E-state index contributed by atoms with van der Waals surface area (Å²) in [6, 6.07) is 11.3. The highest BCUT2D eigenvalue weighted by Crippen LogP contribution is 2.27. The van der Waals surface area contributed by atoms with Gasteiger partial charge in [-0.2, -0.15) is 0 Å². The Morgan fingerprint density at radius 2 is 1.79 bits per heavy atom. The molecule has 0 amide bonds. The number of hydrogen-bond acceptors (Lipinski definition) is 5. The maximum absolute atomic E-state index is 12.7. The fourth-order valence-electron chi connectivity index (χ4n) is 1.92. The molecule has 0 fully saturated rings. The van der Waals surface area contributed by atoms with Gasteiger partial charge in [0, 0.05) is 5.56 Å². The Balaban J connectivity index is 1.76. The molecule has 0 radical (unpaired) electrons. The van der Waals surface area contributed by atoms with Gasteiger partial charge in [0.05, 0.1) is 19.9 Å². The van der Waals surface area contributed by atoms with Crippen LogP contribution in [0.2, 0.25) is 0 Å². The van der Waals surface area contributed by atoms with Crippen LogP contribution in [0.3, 0.4) is 0 Å². The quantitative estimate of drug-likeness (QED) is 0.399. The highest BCUT2D eigenvalue weighted by molar-refractivity contribution is 5.80. The Morgan fingerprint density at radius 1 is 1.00 bits per heavy atom. The minimum absolute atomic E-state index is 0.280. The smallest absolute Gasteiger partial charge is 0.161 e. The standard InChI is InChI=1S/C18H20FNO4/c1-3-22-17-9-4-14(12-18(17)21-2)13-20-24-11-10-23-16-7-5-15(19)6-8-16/h4-9,12-13H,3,10-11H2,1-2H3/b20-13+. The third-order valence-corrected chi connectivity index (χ3v) is 3.02. The van der Waals surface area contributed by atoms with E-state index >= 15 is 0 Å². The van der Waals surface area contributed by atoms with Crippen LogP contribution >= 0.6 is 0 Å². The van der Waals surface area contributed by atoms with Crippen LogP contribution in [0.4, 0.5) is 4.39 Å². The summed E-state index contributed by atoms with van der Waals surface area (Å²) < 4.78 is 28.8. The van der Waals surface area contributed by atoms with Crippen LogP contribution in [0.25, 0.3) is 0 Å². The highest BCUT2D eigenvalue weighted by atomic mass is 19.1. The van der Waals surface area contributed by atoms with E-state index in [2.05, 4.69) is 5.16 Å². The average molecular weight is 333 g/mol. The molecule has 2 aromatic rings. The first-order valence-corrected chi connectivity index (χ1v) is 7.57. The number of ether oxygens (including phenoxy) is 3. The number of benzene rings is 2. The van der Waals surface area contributed by atoms with Crippen LogP contribution in [0, 0.1) is 5.82 Å². The van der Waals surface area contributed by atoms with E-state index in [9.17, 15) is 4.39 Å². The van der Waals surface area contributed by atoms with Crippen LogP contribution < -0.4 is 14.2 Å². The molecule has 0 aliphatic rings. The number of oxime groups is 1. The van der Waals surface area contributed by atoms with Crippen molar-refractivity contribution in [2.75, 3.05) is 26.9 Å². The van der Waals surface area contributed by atoms with E-state index in [0.29, 0.717) is 30.5 Å². The normalized spacial score (nSPS) is 10.6. The molecule has 6 heteroatoms. The second-order valence-corrected chi connectivity index (χ2v) is 4.71. The fraction of sp³-hybridized carbons (Fsp3) is 0.278. The Hall–Kier alpha value is -2.76. The number of halogens is 1. The molecule has 128 valence electrons. The third-order valence-electron chi connectivity index (χ3n) is 3.02. The predicted molar refractivity (Wildman–Crippen MR) is 89.6 cm³/mol. The van der Waals surface area contributed by atoms with Crippen molar-refractivity contribution in [2.45, 2.75) is 6.92 Å². The molecule has 2 rings (SSSR count). The summed E-state index contributed by atoms with van der Waals surface area (Å²) >= 11 is 0. The molecule has 0 atom stereocenters. The number of methoxy groups -OCH3 is 1. The van der Waals surface area contributed by atoms with E-state index in [1.54, 1.807) is 25.5 Å². The highest BCUT2D eigenvalue weighted by Gasteiger charge is 2.04. The molecule has 0 unspecified atom stereocenters. The molecule has 0 aliphatic carbocycles. The van der Waals surface area contributed by atoms with E-state index in [0.717, 1.165) is 5.56 Å². The largest absolute Gasteiger partial charge is 0.493 e. The SMILES string of the molecule is CCOc1ccc(/C=N/OCCOc2ccc(F)cc2)cc1OC. The summed E-state index contributed by atoms with van der Waals surface area (Å²) in [7, 11) is 1.59. The van der Waals surface area contributed by atoms with Crippen LogP contribution in [0.5, 0.6) is 17.2 Å². The fourth-order valence-corrected chi connectivity index (χ4v) is 1.92. The van der Waals surface area contributed by atoms with Crippen LogP contribution in [0.1, 0.15) is 12.5 Å². The van der Waals surface area contributed by atoms with Crippen molar-refractivity contribution in [1.29, 1.82) is 0 Å². The second kappa shape index (κ2) is 9.39. The van der Waals surface area contributed by atoms with E-state index in [1.165, 1.54) is 12.1 Å². The van der Waals surface area contributed by atoms with Crippen molar-refractivity contribution >= 4 is 6.21 Å². The summed E-state index contributed by atoms with van der Waals surface area (Å²) in [6.45, 7) is 3.08. The molecule has 5 nitrogen and oxygen atoms in total. The minimum Gasteiger partial charge on any atom is -0.493 e. The molecule has 0 aromatic heterocycles. The zero-order chi connectivity index (χ0) is 17.2. The molecule has 0 bridgehead atoms. The van der Waals surface area contributed by atoms with Gasteiger partial charge >= 0.3 is 0 Å². The number of nitrogens with zero attached hydrogens (tertiary/aromatic N) is 1. The molecule has 0 heterocycles. The summed E-state index contributed by atoms with van der Waals surface area (Å²) in [5.41, 5.74) is 0.828. The number of rotatable bonds is 9. The van der Waals surface area contributed by atoms with Crippen LogP contribution in [0.15, 0.2) is 47.6 Å². The lowest BCUT2D eigenvalue weighted by Gasteiger charge is -2.09. The summed E-state index contributed by atoms with van der Waals surface area (Å²) in [5.74, 6) is 1.61. The molecule has 0 saturated carbocycles. The van der Waals surface area contributed by atoms with Gasteiger partial charge in [-0.05, 0) is 49.4 Å². The van der Waals surface area contributed by atoms with Gasteiger partial charge in [0.15, 0.2) is 18.1 Å². The molecule has 24 heavy (non-hydrogen) atoms. The van der Waals surface area contributed by atoms with Crippen LogP contribution in [-0.4, -0.2) is 33.1 Å². The second-order valence-electron chi connectivity index (χ2n) is 4.71. The van der Waals surface area contributed by atoms with Crippen molar-refractivity contribution in [3.05, 3.63) is 53.8 Å². The van der Waals surface area contributed by atoms with E-state index in [-0.39, 0.29) is 12.4 Å². The molecule has 0 saturated heterocycles. The molecule has 0 N–H and O–H groups in total. The molecular formula is C18H20FNO4. The van der Waals surface area contributed by atoms with Crippen molar-refractivity contribution in [1.82, 2.24) is 0 Å². The van der Waals surface area contributed by atoms with Gasteiger partial charge in [-0.25, -0.2) is 4.39 Å². The lowest BCUT2D eigenvalue weighted by Crippen LogP contribution is -2.04. The van der Waals surface area contributed by atoms with Crippen molar-refractivity contribution in [3.63, 3.8) is 0 Å². The molecule has 0 spiro atoms. The van der Waals surface area contributed by atoms with Gasteiger partial charge in [0.25, 0.3) is 0 Å². The van der Waals surface area contributed by atoms with Gasteiger partial charge in [0.2, 0.25) is 0 Å². The van der Waals surface area contributed by atoms with Gasteiger partial charge < -0.3 is 19.0 Å². The predicted octanol–water partition coefficient (Wildman–Crippen LogP) is 3.66. The lowest BCUT2D eigenvalue weighted by molar-refractivity contribution is 0.108. The lowest BCUT2D eigenvalue weighted by atomic mass is 10.2. The number of hydrogen-bond donors (Lipinski definition) is 0. The van der Waals surface area contributed by atoms with Crippen LogP contribution in [-0.2, 0) is 4.84 Å². The summed E-state index contributed by atoms with van der Waals surface area (Å²) in [4.78, 5) is 5.13. The first-order chi connectivity index (χ1) is 11.7. The van der Waals surface area contributed by atoms with Gasteiger partial charge in [-0.3, -0.25) is 0 Å². The van der Waals surface area contributed by atoms with Gasteiger partial charge in [-0.1, -0.05) is 5.16 Å². The zero-order valence-corrected chi connectivity index (χ0v) is 13.7. The first-order valence-electron chi connectivity index (χ1n) is 7.57.